The number of rotatable bonds is 11. The van der Waals surface area contributed by atoms with E-state index in [9.17, 15) is 28.8 Å². The second-order valence-corrected chi connectivity index (χ2v) is 10.0. The van der Waals surface area contributed by atoms with Crippen LogP contribution in [0.5, 0.6) is 0 Å². The molecule has 0 bridgehead atoms. The number of carbonyl (C=O) groups excluding carboxylic acids is 2. The lowest BCUT2D eigenvalue weighted by Crippen LogP contribution is -2.41. The fourth-order valence-corrected chi connectivity index (χ4v) is 2.34. The van der Waals surface area contributed by atoms with E-state index >= 15 is 0 Å². The third-order valence-corrected chi connectivity index (χ3v) is 4.57. The maximum Gasteiger partial charge on any atom is 0.480 e. The summed E-state index contributed by atoms with van der Waals surface area (Å²) in [5.41, 5.74) is -1.76. The lowest BCUT2D eigenvalue weighted by Gasteiger charge is -2.25. The molecule has 2 atom stereocenters. The van der Waals surface area contributed by atoms with Crippen molar-refractivity contribution in [3.8, 4) is 0 Å². The van der Waals surface area contributed by atoms with Crippen LogP contribution < -0.4 is 0 Å². The molecular weight excluding hydrogens is 426 g/mol. The van der Waals surface area contributed by atoms with Gasteiger partial charge in [-0.1, -0.05) is 12.2 Å². The molecule has 2 N–H and O–H groups in total. The van der Waals surface area contributed by atoms with Crippen molar-refractivity contribution < 1.29 is 51.8 Å². The van der Waals surface area contributed by atoms with Crippen LogP contribution in [-0.4, -0.2) is 54.3 Å². The van der Waals surface area contributed by atoms with Gasteiger partial charge < -0.3 is 19.7 Å². The number of alkyl halides is 1. The molecule has 0 heterocycles. The van der Waals surface area contributed by atoms with Gasteiger partial charge in [0.1, 0.15) is 12.7 Å². The van der Waals surface area contributed by atoms with Gasteiger partial charge in [0.2, 0.25) is 13.6 Å². The monoisotopic (exact) mass is 458 g/mol. The van der Waals surface area contributed by atoms with Gasteiger partial charge in [-0.2, -0.15) is 0 Å². The van der Waals surface area contributed by atoms with Crippen molar-refractivity contribution in [3.05, 3.63) is 12.2 Å². The Morgan fingerprint density at radius 2 is 1.37 bits per heavy atom. The van der Waals surface area contributed by atoms with Crippen molar-refractivity contribution in [1.82, 2.24) is 0 Å². The third kappa shape index (κ3) is 10.6. The minimum atomic E-state index is -4.68. The highest BCUT2D eigenvalue weighted by atomic mass is 31.2. The van der Waals surface area contributed by atoms with Gasteiger partial charge in [-0.25, -0.2) is 18.0 Å². The molecule has 0 fully saturated rings. The predicted octanol–water partition coefficient (Wildman–Crippen LogP) is 2.83. The molecule has 12 heteroatoms. The highest BCUT2D eigenvalue weighted by Crippen LogP contribution is 2.50. The maximum absolute atomic E-state index is 14.1. The summed E-state index contributed by atoms with van der Waals surface area (Å²) >= 11 is 0. The number of ether oxygens (including phenoxy) is 2. The molecule has 0 aromatic carbocycles. The zero-order valence-electron chi connectivity index (χ0n) is 18.3. The Kier molecular flexibility index (Phi) is 10.8. The van der Waals surface area contributed by atoms with Crippen molar-refractivity contribution in [2.45, 2.75) is 60.4 Å². The van der Waals surface area contributed by atoms with Crippen LogP contribution in [0.15, 0.2) is 12.2 Å². The molecule has 0 unspecified atom stereocenters. The molecule has 0 aromatic heterocycles. The molecule has 0 aromatic rings. The fraction of sp³-hybridized carbons (Fsp3) is 0.778. The first-order valence-corrected chi connectivity index (χ1v) is 10.5. The van der Waals surface area contributed by atoms with Gasteiger partial charge in [-0.15, -0.1) is 0 Å². The van der Waals surface area contributed by atoms with Crippen molar-refractivity contribution in [2.75, 3.05) is 20.2 Å². The number of aliphatic hydroxyl groups excluding tert-OH is 1. The summed E-state index contributed by atoms with van der Waals surface area (Å²) in [6.07, 6.45) is 0.222. The maximum atomic E-state index is 14.1. The van der Waals surface area contributed by atoms with Crippen LogP contribution >= 0.6 is 7.82 Å². The second-order valence-electron chi connectivity index (χ2n) is 8.37. The van der Waals surface area contributed by atoms with E-state index in [1.807, 2.05) is 0 Å². The van der Waals surface area contributed by atoms with Gasteiger partial charge >= 0.3 is 19.8 Å². The Hall–Kier alpha value is -1.36. The van der Waals surface area contributed by atoms with E-state index in [1.165, 1.54) is 13.0 Å². The zero-order chi connectivity index (χ0) is 23.8. The average molecular weight is 458 g/mol. The van der Waals surface area contributed by atoms with Crippen LogP contribution in [0.25, 0.3) is 0 Å². The summed E-state index contributed by atoms with van der Waals surface area (Å²) < 4.78 is 50.7. The van der Waals surface area contributed by atoms with E-state index in [0.717, 1.165) is 6.08 Å². The summed E-state index contributed by atoms with van der Waals surface area (Å²) in [7, 11) is -4.68. The van der Waals surface area contributed by atoms with E-state index in [2.05, 4.69) is 0 Å². The van der Waals surface area contributed by atoms with Gasteiger partial charge in [0, 0.05) is 0 Å². The molecule has 0 saturated carbocycles. The number of esters is 2. The van der Waals surface area contributed by atoms with Gasteiger partial charge in [0.05, 0.1) is 10.8 Å². The van der Waals surface area contributed by atoms with Gasteiger partial charge in [0.15, 0.2) is 0 Å². The third-order valence-electron chi connectivity index (χ3n) is 3.28. The molecule has 0 radical (unpaired) electrons. The van der Waals surface area contributed by atoms with E-state index in [4.69, 9.17) is 23.0 Å². The molecule has 0 aliphatic carbocycles. The number of hydrogen-bond acceptors (Lipinski definition) is 10. The van der Waals surface area contributed by atoms with E-state index in [1.54, 1.807) is 41.5 Å². The van der Waals surface area contributed by atoms with Crippen molar-refractivity contribution >= 4 is 19.8 Å². The van der Waals surface area contributed by atoms with Crippen molar-refractivity contribution in [1.29, 1.82) is 0 Å². The molecule has 0 spiro atoms. The predicted molar refractivity (Wildman–Crippen MR) is 103 cm³/mol. The number of carbonyl (C=O) groups is 2. The van der Waals surface area contributed by atoms with Crippen LogP contribution in [0.3, 0.4) is 0 Å². The van der Waals surface area contributed by atoms with Gasteiger partial charge in [-0.3, -0.25) is 14.1 Å². The Morgan fingerprint density at radius 1 is 0.967 bits per heavy atom. The molecule has 0 aliphatic rings. The Balaban J connectivity index is 5.12. The van der Waals surface area contributed by atoms with E-state index in [-0.39, 0.29) is 0 Å². The number of phosphoric acid groups is 1. The summed E-state index contributed by atoms with van der Waals surface area (Å²) in [5.74, 6) is -4.73. The molecule has 0 amide bonds. The second kappa shape index (κ2) is 11.3. The standard InChI is InChI=1S/C18H32FO10P/c1-8-9-13(20)18(19,23)10-27-30(24,28-11-25-14(21)16(2,3)4)29-12-26-15(22)17(5,6)7/h8-9,13,20,23H,10-12H2,1-7H3/t13-,18+/m0/s1. The van der Waals surface area contributed by atoms with Crippen molar-refractivity contribution in [3.63, 3.8) is 0 Å². The first-order valence-electron chi connectivity index (χ1n) is 9.05. The minimum Gasteiger partial charge on any atom is -0.437 e. The van der Waals surface area contributed by atoms with E-state index in [0.29, 0.717) is 0 Å². The molecular formula is C18H32FO10P. The van der Waals surface area contributed by atoms with Crippen LogP contribution in [0.1, 0.15) is 48.5 Å². The normalized spacial score (nSPS) is 16.2. The van der Waals surface area contributed by atoms with Crippen LogP contribution in [0, 0.1) is 10.8 Å². The lowest BCUT2D eigenvalue weighted by molar-refractivity contribution is -0.180. The number of aliphatic hydroxyl groups is 2. The molecule has 176 valence electrons. The summed E-state index contributed by atoms with van der Waals surface area (Å²) in [6, 6.07) is 0. The largest absolute Gasteiger partial charge is 0.480 e. The number of hydrogen-bond donors (Lipinski definition) is 2. The van der Waals surface area contributed by atoms with Crippen LogP contribution in [-0.2, 0) is 37.2 Å². The molecule has 0 rings (SSSR count). The average Bonchev–Trinajstić information content (AvgIpc) is 2.58. The number of allylic oxidation sites excluding steroid dienone is 1. The summed E-state index contributed by atoms with van der Waals surface area (Å²) in [4.78, 5) is 23.5. The van der Waals surface area contributed by atoms with Crippen LogP contribution in [0.4, 0.5) is 4.39 Å². The SMILES string of the molecule is CC=C[C@H](O)[C@@](O)(F)COP(=O)(OCOC(=O)C(C)(C)C)OCOC(=O)C(C)(C)C. The Labute approximate surface area is 175 Å². The summed E-state index contributed by atoms with van der Waals surface area (Å²) in [5, 5.41) is 19.2. The zero-order valence-corrected chi connectivity index (χ0v) is 19.2. The Morgan fingerprint density at radius 3 is 1.70 bits per heavy atom. The highest BCUT2D eigenvalue weighted by Gasteiger charge is 2.40. The fourth-order valence-electron chi connectivity index (χ4n) is 1.42. The van der Waals surface area contributed by atoms with Crippen LogP contribution in [0.2, 0.25) is 0 Å². The molecule has 10 nitrogen and oxygen atoms in total. The topological polar surface area (TPSA) is 138 Å². The quantitative estimate of drug-likeness (QED) is 0.206. The first kappa shape index (κ1) is 28.6. The van der Waals surface area contributed by atoms with Crippen molar-refractivity contribution in [2.24, 2.45) is 10.8 Å². The number of phosphoric ester groups is 1. The Bertz CT molecular complexity index is 612. The molecule has 0 aliphatic heterocycles. The van der Waals surface area contributed by atoms with Gasteiger partial charge in [-0.05, 0) is 48.5 Å². The molecule has 0 saturated heterocycles. The van der Waals surface area contributed by atoms with Gasteiger partial charge in [0.25, 0.3) is 5.85 Å². The number of halogens is 1. The smallest absolute Gasteiger partial charge is 0.437 e. The lowest BCUT2D eigenvalue weighted by atomic mass is 9.98. The van der Waals surface area contributed by atoms with E-state index < -0.39 is 62.7 Å². The first-order chi connectivity index (χ1) is 13.4. The highest BCUT2D eigenvalue weighted by molar-refractivity contribution is 7.48. The molecule has 30 heavy (non-hydrogen) atoms. The summed E-state index contributed by atoms with van der Waals surface area (Å²) in [6.45, 7) is 7.80. The minimum absolute atomic E-state index is 0.696.